The number of anilines is 1. The largest absolute Gasteiger partial charge is 0.356 e. The zero-order valence-electron chi connectivity index (χ0n) is 15.9. The molecule has 138 valence electrons. The Labute approximate surface area is 164 Å². The Hall–Kier alpha value is -3.27. The Bertz CT molecular complexity index is 1120. The number of rotatable bonds is 3. The van der Waals surface area contributed by atoms with Gasteiger partial charge in [0.15, 0.2) is 5.82 Å². The van der Waals surface area contributed by atoms with Gasteiger partial charge >= 0.3 is 0 Å². The molecule has 0 amide bonds. The third-order valence-corrected chi connectivity index (χ3v) is 5.71. The number of aryl methyl sites for hydroxylation is 1. The minimum atomic E-state index is 0.426. The molecule has 4 aromatic rings. The number of nitrogens with zero attached hydrogens (tertiary/aromatic N) is 4. The molecule has 2 heterocycles. The van der Waals surface area contributed by atoms with E-state index in [1.807, 2.05) is 24.4 Å². The zero-order valence-corrected chi connectivity index (χ0v) is 15.9. The monoisotopic (exact) mass is 366 g/mol. The molecule has 0 saturated carbocycles. The van der Waals surface area contributed by atoms with Gasteiger partial charge in [-0.1, -0.05) is 36.4 Å². The molecule has 0 aliphatic heterocycles. The van der Waals surface area contributed by atoms with Gasteiger partial charge in [-0.15, -0.1) is 0 Å². The lowest BCUT2D eigenvalue weighted by Crippen LogP contribution is -2.37. The summed E-state index contributed by atoms with van der Waals surface area (Å²) in [6, 6.07) is 21.4. The standard InChI is InChI=1S/C24H22N4/c1-28(20-13-12-17-7-2-3-8-18(17)15-20)24-21-10-4-5-11-22(21)26-23(27-24)19-9-6-14-25-16-19/h2-11,14,16,20H,12-13,15H2,1H3/t20-/m1/s1. The van der Waals surface area contributed by atoms with Crippen LogP contribution in [-0.4, -0.2) is 28.0 Å². The van der Waals surface area contributed by atoms with Crippen LogP contribution in [0.25, 0.3) is 22.3 Å². The Balaban J connectivity index is 1.58. The first-order valence-corrected chi connectivity index (χ1v) is 9.76. The topological polar surface area (TPSA) is 41.9 Å². The average Bonchev–Trinajstić information content (AvgIpc) is 2.78. The Morgan fingerprint density at radius 3 is 2.57 bits per heavy atom. The molecule has 1 aliphatic rings. The van der Waals surface area contributed by atoms with Gasteiger partial charge in [-0.25, -0.2) is 9.97 Å². The summed E-state index contributed by atoms with van der Waals surface area (Å²) in [5.41, 5.74) is 4.85. The minimum absolute atomic E-state index is 0.426. The van der Waals surface area contributed by atoms with E-state index >= 15 is 0 Å². The summed E-state index contributed by atoms with van der Waals surface area (Å²) in [5.74, 6) is 1.72. The van der Waals surface area contributed by atoms with Crippen molar-refractivity contribution in [3.63, 3.8) is 0 Å². The van der Waals surface area contributed by atoms with E-state index in [4.69, 9.17) is 9.97 Å². The van der Waals surface area contributed by atoms with Crippen LogP contribution in [0.5, 0.6) is 0 Å². The lowest BCUT2D eigenvalue weighted by molar-refractivity contribution is 0.545. The fourth-order valence-corrected chi connectivity index (χ4v) is 4.13. The van der Waals surface area contributed by atoms with E-state index in [-0.39, 0.29) is 0 Å². The van der Waals surface area contributed by atoms with Gasteiger partial charge in [0, 0.05) is 36.4 Å². The predicted molar refractivity (Wildman–Crippen MR) is 113 cm³/mol. The molecule has 5 rings (SSSR count). The van der Waals surface area contributed by atoms with Crippen molar-refractivity contribution in [3.05, 3.63) is 84.2 Å². The third-order valence-electron chi connectivity index (χ3n) is 5.71. The smallest absolute Gasteiger partial charge is 0.163 e. The minimum Gasteiger partial charge on any atom is -0.356 e. The summed E-state index contributed by atoms with van der Waals surface area (Å²) in [6.07, 6.45) is 6.90. The van der Waals surface area contributed by atoms with Crippen molar-refractivity contribution in [1.82, 2.24) is 15.0 Å². The van der Waals surface area contributed by atoms with E-state index in [0.29, 0.717) is 6.04 Å². The second-order valence-corrected chi connectivity index (χ2v) is 7.41. The number of hydrogen-bond acceptors (Lipinski definition) is 4. The van der Waals surface area contributed by atoms with Crippen LogP contribution >= 0.6 is 0 Å². The van der Waals surface area contributed by atoms with Crippen molar-refractivity contribution in [2.45, 2.75) is 25.3 Å². The molecule has 0 unspecified atom stereocenters. The van der Waals surface area contributed by atoms with Gasteiger partial charge in [-0.05, 0) is 54.7 Å². The van der Waals surface area contributed by atoms with E-state index in [1.165, 1.54) is 11.1 Å². The van der Waals surface area contributed by atoms with Gasteiger partial charge in [0.1, 0.15) is 5.82 Å². The second kappa shape index (κ2) is 7.04. The number of fused-ring (bicyclic) bond motifs is 2. The highest BCUT2D eigenvalue weighted by Crippen LogP contribution is 2.31. The molecule has 0 spiro atoms. The van der Waals surface area contributed by atoms with Crippen LogP contribution < -0.4 is 4.90 Å². The molecule has 1 aliphatic carbocycles. The Morgan fingerprint density at radius 1 is 0.893 bits per heavy atom. The van der Waals surface area contributed by atoms with E-state index < -0.39 is 0 Å². The molecule has 2 aromatic heterocycles. The fraction of sp³-hybridized carbons (Fsp3) is 0.208. The molecule has 0 N–H and O–H groups in total. The summed E-state index contributed by atoms with van der Waals surface area (Å²) >= 11 is 0. The molecule has 4 heteroatoms. The highest BCUT2D eigenvalue weighted by Gasteiger charge is 2.24. The first kappa shape index (κ1) is 16.9. The Kier molecular flexibility index (Phi) is 4.24. The number of hydrogen-bond donors (Lipinski definition) is 0. The van der Waals surface area contributed by atoms with Crippen molar-refractivity contribution < 1.29 is 0 Å². The van der Waals surface area contributed by atoms with Crippen molar-refractivity contribution >= 4 is 16.7 Å². The molecule has 0 fully saturated rings. The van der Waals surface area contributed by atoms with Crippen LogP contribution in [0.3, 0.4) is 0 Å². The normalized spacial score (nSPS) is 16.0. The Morgan fingerprint density at radius 2 is 1.71 bits per heavy atom. The van der Waals surface area contributed by atoms with E-state index in [9.17, 15) is 0 Å². The molecular weight excluding hydrogens is 344 g/mol. The third kappa shape index (κ3) is 3.01. The molecule has 0 saturated heterocycles. The quantitative estimate of drug-likeness (QED) is 0.528. The van der Waals surface area contributed by atoms with Crippen molar-refractivity contribution in [1.29, 1.82) is 0 Å². The van der Waals surface area contributed by atoms with Crippen LogP contribution in [0.1, 0.15) is 17.5 Å². The number of para-hydroxylation sites is 1. The van der Waals surface area contributed by atoms with Gasteiger partial charge in [0.2, 0.25) is 0 Å². The van der Waals surface area contributed by atoms with Gasteiger partial charge in [0.25, 0.3) is 0 Å². The van der Waals surface area contributed by atoms with Gasteiger partial charge in [-0.2, -0.15) is 0 Å². The molecule has 2 aromatic carbocycles. The fourth-order valence-electron chi connectivity index (χ4n) is 4.13. The molecule has 0 radical (unpaired) electrons. The summed E-state index contributed by atoms with van der Waals surface area (Å²) < 4.78 is 0. The van der Waals surface area contributed by atoms with E-state index in [2.05, 4.69) is 59.4 Å². The van der Waals surface area contributed by atoms with Gasteiger partial charge < -0.3 is 4.90 Å². The SMILES string of the molecule is CN(c1nc(-c2cccnc2)nc2ccccc12)[C@@H]1CCc2ccccc2C1. The number of benzene rings is 2. The maximum absolute atomic E-state index is 4.98. The summed E-state index contributed by atoms with van der Waals surface area (Å²) in [5, 5.41) is 1.09. The highest BCUT2D eigenvalue weighted by molar-refractivity contribution is 5.91. The summed E-state index contributed by atoms with van der Waals surface area (Å²) in [4.78, 5) is 16.4. The van der Waals surface area contributed by atoms with E-state index in [0.717, 1.165) is 47.4 Å². The van der Waals surface area contributed by atoms with Gasteiger partial charge in [-0.3, -0.25) is 4.98 Å². The number of pyridine rings is 1. The first-order chi connectivity index (χ1) is 13.8. The van der Waals surface area contributed by atoms with Gasteiger partial charge in [0.05, 0.1) is 5.52 Å². The lowest BCUT2D eigenvalue weighted by Gasteiger charge is -2.34. The van der Waals surface area contributed by atoms with Crippen LogP contribution in [0, 0.1) is 0 Å². The van der Waals surface area contributed by atoms with Crippen LogP contribution in [0.4, 0.5) is 5.82 Å². The zero-order chi connectivity index (χ0) is 18.9. The molecule has 1 atom stereocenters. The maximum Gasteiger partial charge on any atom is 0.163 e. The summed E-state index contributed by atoms with van der Waals surface area (Å²) in [7, 11) is 2.17. The molecular formula is C24H22N4. The predicted octanol–water partition coefficient (Wildman–Crippen LogP) is 4.69. The molecule has 4 nitrogen and oxygen atoms in total. The first-order valence-electron chi connectivity index (χ1n) is 9.76. The lowest BCUT2D eigenvalue weighted by atomic mass is 9.87. The van der Waals surface area contributed by atoms with E-state index in [1.54, 1.807) is 6.20 Å². The van der Waals surface area contributed by atoms with Crippen molar-refractivity contribution in [2.24, 2.45) is 0 Å². The van der Waals surface area contributed by atoms with Crippen molar-refractivity contribution in [3.8, 4) is 11.4 Å². The highest BCUT2D eigenvalue weighted by atomic mass is 15.2. The maximum atomic E-state index is 4.98. The van der Waals surface area contributed by atoms with Crippen LogP contribution in [0.2, 0.25) is 0 Å². The van der Waals surface area contributed by atoms with Crippen LogP contribution in [0.15, 0.2) is 73.1 Å². The average molecular weight is 366 g/mol. The molecule has 28 heavy (non-hydrogen) atoms. The molecule has 0 bridgehead atoms. The number of likely N-dealkylation sites (N-methyl/N-ethyl adjacent to an activating group) is 1. The second-order valence-electron chi connectivity index (χ2n) is 7.41. The number of aromatic nitrogens is 3. The summed E-state index contributed by atoms with van der Waals surface area (Å²) in [6.45, 7) is 0. The van der Waals surface area contributed by atoms with Crippen molar-refractivity contribution in [2.75, 3.05) is 11.9 Å². The van der Waals surface area contributed by atoms with Crippen LogP contribution in [-0.2, 0) is 12.8 Å².